The van der Waals surface area contributed by atoms with Crippen molar-refractivity contribution in [1.82, 2.24) is 10.2 Å². The van der Waals surface area contributed by atoms with Gasteiger partial charge in [-0.25, -0.2) is 0 Å². The summed E-state index contributed by atoms with van der Waals surface area (Å²) in [4.78, 5) is 2.32. The summed E-state index contributed by atoms with van der Waals surface area (Å²) in [5.74, 6) is 3.50. The molecule has 0 aromatic rings. The van der Waals surface area contributed by atoms with Gasteiger partial charge in [0.15, 0.2) is 0 Å². The molecule has 1 saturated heterocycles. The molecule has 16 heavy (non-hydrogen) atoms. The van der Waals surface area contributed by atoms with Gasteiger partial charge in [-0.1, -0.05) is 5.92 Å². The zero-order valence-electron chi connectivity index (χ0n) is 10.1. The summed E-state index contributed by atoms with van der Waals surface area (Å²) in [6.07, 6.45) is 10.4. The summed E-state index contributed by atoms with van der Waals surface area (Å²) in [5, 5.41) is 3.53. The van der Waals surface area contributed by atoms with Gasteiger partial charge in [0, 0.05) is 41.9 Å². The highest BCUT2D eigenvalue weighted by atomic mass is 32.2. The molecule has 0 radical (unpaired) electrons. The van der Waals surface area contributed by atoms with Gasteiger partial charge in [-0.15, -0.1) is 6.42 Å². The molecule has 1 fully saturated rings. The van der Waals surface area contributed by atoms with Crippen LogP contribution in [-0.4, -0.2) is 53.3 Å². The molecule has 0 bridgehead atoms. The van der Waals surface area contributed by atoms with Crippen LogP contribution in [0.3, 0.4) is 0 Å². The van der Waals surface area contributed by atoms with Crippen LogP contribution in [-0.2, 0) is 10.8 Å². The van der Waals surface area contributed by atoms with Gasteiger partial charge in [0.05, 0.1) is 6.54 Å². The number of terminal acetylenes is 1. The van der Waals surface area contributed by atoms with Crippen LogP contribution in [0.1, 0.15) is 19.3 Å². The normalized spacial score (nSPS) is 20.5. The molecule has 1 aliphatic rings. The molecule has 1 N–H and O–H groups in total. The predicted octanol–water partition coefficient (Wildman–Crippen LogP) is 0.442. The van der Waals surface area contributed by atoms with Crippen molar-refractivity contribution in [2.45, 2.75) is 25.3 Å². The van der Waals surface area contributed by atoms with Crippen LogP contribution in [0.2, 0.25) is 0 Å². The molecule has 1 atom stereocenters. The molecule has 0 aromatic heterocycles. The third kappa shape index (κ3) is 5.64. The Morgan fingerprint density at radius 2 is 2.19 bits per heavy atom. The Balaban J connectivity index is 2.04. The summed E-state index contributed by atoms with van der Waals surface area (Å²) in [6, 6.07) is 0.624. The second-order valence-electron chi connectivity index (χ2n) is 4.34. The second-order valence-corrected chi connectivity index (χ2v) is 5.89. The molecular weight excluding hydrogens is 220 g/mol. The van der Waals surface area contributed by atoms with Crippen molar-refractivity contribution in [1.29, 1.82) is 0 Å². The molecule has 1 heterocycles. The largest absolute Gasteiger partial charge is 0.314 e. The fourth-order valence-electron chi connectivity index (χ4n) is 2.01. The summed E-state index contributed by atoms with van der Waals surface area (Å²) in [6.45, 7) is 3.96. The van der Waals surface area contributed by atoms with Gasteiger partial charge >= 0.3 is 0 Å². The molecule has 3 nitrogen and oxygen atoms in total. The molecule has 92 valence electrons. The van der Waals surface area contributed by atoms with E-state index in [4.69, 9.17) is 6.42 Å². The monoisotopic (exact) mass is 242 g/mol. The van der Waals surface area contributed by atoms with Gasteiger partial charge in [-0.2, -0.15) is 0 Å². The van der Waals surface area contributed by atoms with Crippen LogP contribution < -0.4 is 5.32 Å². The molecule has 0 spiro atoms. The molecule has 4 heteroatoms. The van der Waals surface area contributed by atoms with E-state index in [0.29, 0.717) is 6.04 Å². The van der Waals surface area contributed by atoms with Crippen LogP contribution >= 0.6 is 0 Å². The van der Waals surface area contributed by atoms with Gasteiger partial charge in [0.25, 0.3) is 0 Å². The fraction of sp³-hybridized carbons (Fsp3) is 0.833. The van der Waals surface area contributed by atoms with Crippen LogP contribution in [0, 0.1) is 12.3 Å². The van der Waals surface area contributed by atoms with E-state index in [1.165, 1.54) is 12.8 Å². The van der Waals surface area contributed by atoms with E-state index in [2.05, 4.69) is 16.1 Å². The first-order chi connectivity index (χ1) is 7.72. The maximum Gasteiger partial charge on any atom is 0.0598 e. The summed E-state index contributed by atoms with van der Waals surface area (Å²) in [7, 11) is -0.651. The SMILES string of the molecule is C#CCN1CCC(NCCCS(C)=O)CC1. The van der Waals surface area contributed by atoms with Crippen LogP contribution in [0.15, 0.2) is 0 Å². The number of hydrogen-bond donors (Lipinski definition) is 1. The van der Waals surface area contributed by atoms with E-state index >= 15 is 0 Å². The van der Waals surface area contributed by atoms with Gasteiger partial charge in [0.2, 0.25) is 0 Å². The maximum atomic E-state index is 10.9. The molecule has 0 aliphatic carbocycles. The highest BCUT2D eigenvalue weighted by Crippen LogP contribution is 2.09. The molecule has 0 saturated carbocycles. The first kappa shape index (κ1) is 13.7. The van der Waals surface area contributed by atoms with Crippen molar-refractivity contribution in [2.75, 3.05) is 38.2 Å². The Kier molecular flexibility index (Phi) is 6.70. The number of nitrogens with one attached hydrogen (secondary N) is 1. The van der Waals surface area contributed by atoms with Gasteiger partial charge in [0.1, 0.15) is 0 Å². The minimum absolute atomic E-state index is 0.624. The van der Waals surface area contributed by atoms with Crippen molar-refractivity contribution >= 4 is 10.8 Å². The van der Waals surface area contributed by atoms with E-state index in [-0.39, 0.29) is 0 Å². The Morgan fingerprint density at radius 1 is 1.50 bits per heavy atom. The Hall–Kier alpha value is -0.370. The number of rotatable bonds is 6. The van der Waals surface area contributed by atoms with Crippen molar-refractivity contribution < 1.29 is 4.21 Å². The highest BCUT2D eigenvalue weighted by Gasteiger charge is 2.17. The second kappa shape index (κ2) is 7.83. The molecular formula is C12H22N2OS. The van der Waals surface area contributed by atoms with E-state index in [1.54, 1.807) is 6.26 Å². The molecule has 1 unspecified atom stereocenters. The lowest BCUT2D eigenvalue weighted by molar-refractivity contribution is 0.218. The topological polar surface area (TPSA) is 32.3 Å². The first-order valence-corrected chi connectivity index (χ1v) is 7.64. The van der Waals surface area contributed by atoms with Crippen molar-refractivity contribution in [3.8, 4) is 12.3 Å². The Morgan fingerprint density at radius 3 is 2.75 bits per heavy atom. The van der Waals surface area contributed by atoms with Crippen molar-refractivity contribution in [3.63, 3.8) is 0 Å². The van der Waals surface area contributed by atoms with Gasteiger partial charge in [-0.05, 0) is 25.8 Å². The lowest BCUT2D eigenvalue weighted by Gasteiger charge is -2.31. The van der Waals surface area contributed by atoms with Crippen molar-refractivity contribution in [3.05, 3.63) is 0 Å². The lowest BCUT2D eigenvalue weighted by Crippen LogP contribution is -2.42. The van der Waals surface area contributed by atoms with Crippen LogP contribution in [0.4, 0.5) is 0 Å². The van der Waals surface area contributed by atoms with E-state index < -0.39 is 10.8 Å². The van der Waals surface area contributed by atoms with Crippen molar-refractivity contribution in [2.24, 2.45) is 0 Å². The number of piperidine rings is 1. The molecule has 0 amide bonds. The van der Waals surface area contributed by atoms with Gasteiger partial charge < -0.3 is 5.32 Å². The molecule has 0 aromatic carbocycles. The van der Waals surface area contributed by atoms with E-state index in [9.17, 15) is 4.21 Å². The minimum atomic E-state index is -0.651. The van der Waals surface area contributed by atoms with E-state index in [1.807, 2.05) is 0 Å². The summed E-state index contributed by atoms with van der Waals surface area (Å²) < 4.78 is 10.9. The first-order valence-electron chi connectivity index (χ1n) is 5.91. The standard InChI is InChI=1S/C12H22N2OS/c1-3-8-14-9-5-12(6-10-14)13-7-4-11-16(2)15/h1,12-13H,4-11H2,2H3. The lowest BCUT2D eigenvalue weighted by atomic mass is 10.1. The number of nitrogens with zero attached hydrogens (tertiary/aromatic N) is 1. The highest BCUT2D eigenvalue weighted by molar-refractivity contribution is 7.84. The summed E-state index contributed by atoms with van der Waals surface area (Å²) in [5.41, 5.74) is 0. The maximum absolute atomic E-state index is 10.9. The number of hydrogen-bond acceptors (Lipinski definition) is 3. The van der Waals surface area contributed by atoms with Crippen LogP contribution in [0.5, 0.6) is 0 Å². The third-order valence-corrected chi connectivity index (χ3v) is 3.81. The molecule has 1 aliphatic heterocycles. The molecule has 1 rings (SSSR count). The number of likely N-dealkylation sites (tertiary alicyclic amines) is 1. The zero-order chi connectivity index (χ0) is 11.8. The summed E-state index contributed by atoms with van der Waals surface area (Å²) >= 11 is 0. The van der Waals surface area contributed by atoms with Crippen LogP contribution in [0.25, 0.3) is 0 Å². The smallest absolute Gasteiger partial charge is 0.0598 e. The van der Waals surface area contributed by atoms with E-state index in [0.717, 1.165) is 38.4 Å². The zero-order valence-corrected chi connectivity index (χ0v) is 10.9. The fourth-order valence-corrected chi connectivity index (χ4v) is 2.56. The Bertz CT molecular complexity index is 254. The third-order valence-electron chi connectivity index (χ3n) is 2.94. The Labute approximate surface area is 101 Å². The predicted molar refractivity (Wildman–Crippen MR) is 69.8 cm³/mol. The minimum Gasteiger partial charge on any atom is -0.314 e. The quantitative estimate of drug-likeness (QED) is 0.542. The van der Waals surface area contributed by atoms with Gasteiger partial charge in [-0.3, -0.25) is 9.11 Å². The average molecular weight is 242 g/mol. The average Bonchev–Trinajstić information content (AvgIpc) is 2.27.